The van der Waals surface area contributed by atoms with Crippen LogP contribution >= 0.6 is 0 Å². The fourth-order valence-corrected chi connectivity index (χ4v) is 1.12. The molecule has 0 saturated carbocycles. The van der Waals surface area contributed by atoms with Gasteiger partial charge in [-0.15, -0.1) is 13.2 Å². The summed E-state index contributed by atoms with van der Waals surface area (Å²) in [7, 11) is 1.03. The van der Waals surface area contributed by atoms with Gasteiger partial charge in [-0.2, -0.15) is 10.2 Å². The number of nitrogens with zero attached hydrogens (tertiary/aromatic N) is 2. The van der Waals surface area contributed by atoms with Crippen LogP contribution in [-0.4, -0.2) is 24.4 Å². The molecular formula is C9H6F3N3O3. The minimum atomic E-state index is -4.97. The molecule has 1 aromatic heterocycles. The average Bonchev–Trinajstić information content (AvgIpc) is 2.24. The topological polar surface area (TPSA) is 98.2 Å². The van der Waals surface area contributed by atoms with E-state index in [1.807, 2.05) is 0 Å². The summed E-state index contributed by atoms with van der Waals surface area (Å²) in [6, 6.07) is 2.16. The van der Waals surface area contributed by atoms with Crippen molar-refractivity contribution in [3.05, 3.63) is 17.2 Å². The third-order valence-corrected chi connectivity index (χ3v) is 1.75. The number of hydrogen-bond acceptors (Lipinski definition) is 6. The van der Waals surface area contributed by atoms with Crippen molar-refractivity contribution in [1.29, 1.82) is 5.26 Å². The zero-order valence-corrected chi connectivity index (χ0v) is 8.91. The highest BCUT2D eigenvalue weighted by Gasteiger charge is 2.33. The number of ether oxygens (including phenoxy) is 2. The summed E-state index contributed by atoms with van der Waals surface area (Å²) in [4.78, 5) is 14.5. The summed E-state index contributed by atoms with van der Waals surface area (Å²) in [5, 5.41) is 8.73. The molecule has 0 atom stereocenters. The monoisotopic (exact) mass is 261 g/mol. The number of anilines is 1. The van der Waals surface area contributed by atoms with Gasteiger partial charge in [0.15, 0.2) is 0 Å². The van der Waals surface area contributed by atoms with E-state index >= 15 is 0 Å². The number of methoxy groups -OCH3 is 1. The Morgan fingerprint density at radius 1 is 1.56 bits per heavy atom. The van der Waals surface area contributed by atoms with Crippen molar-refractivity contribution in [3.63, 3.8) is 0 Å². The van der Waals surface area contributed by atoms with Crippen LogP contribution in [0.2, 0.25) is 0 Å². The van der Waals surface area contributed by atoms with Crippen LogP contribution in [0, 0.1) is 11.3 Å². The molecule has 18 heavy (non-hydrogen) atoms. The number of alkyl halides is 3. The standard InChI is InChI=1S/C9H6F3N3O3/c1-17-8(16)6-4(3-13)2-5(15-7(6)14)18-9(10,11)12/h2H,1H3,(H2,14,15). The zero-order chi connectivity index (χ0) is 13.9. The predicted octanol–water partition coefficient (Wildman–Crippen LogP) is 1.22. The second-order valence-electron chi connectivity index (χ2n) is 2.92. The Labute approximate surface area is 98.7 Å². The fraction of sp³-hybridized carbons (Fsp3) is 0.222. The molecule has 0 saturated heterocycles. The van der Waals surface area contributed by atoms with Crippen molar-refractivity contribution in [2.24, 2.45) is 0 Å². The molecule has 0 spiro atoms. The molecular weight excluding hydrogens is 255 g/mol. The molecule has 0 radical (unpaired) electrons. The summed E-state index contributed by atoms with van der Waals surface area (Å²) in [5.41, 5.74) is 4.45. The quantitative estimate of drug-likeness (QED) is 0.803. The number of esters is 1. The molecule has 0 amide bonds. The SMILES string of the molecule is COC(=O)c1c(C#N)cc(OC(F)(F)F)nc1N. The Balaban J connectivity index is 3.29. The lowest BCUT2D eigenvalue weighted by Crippen LogP contribution is -2.19. The van der Waals surface area contributed by atoms with Crippen LogP contribution in [0.15, 0.2) is 6.07 Å². The Morgan fingerprint density at radius 2 is 2.17 bits per heavy atom. The smallest absolute Gasteiger partial charge is 0.465 e. The van der Waals surface area contributed by atoms with Gasteiger partial charge in [0.2, 0.25) is 5.88 Å². The highest BCUT2D eigenvalue weighted by Crippen LogP contribution is 2.26. The molecule has 0 bridgehead atoms. The summed E-state index contributed by atoms with van der Waals surface area (Å²) < 4.78 is 43.7. The first kappa shape index (κ1) is 13.6. The van der Waals surface area contributed by atoms with Crippen molar-refractivity contribution < 1.29 is 27.4 Å². The number of hydrogen-bond donors (Lipinski definition) is 1. The summed E-state index contributed by atoms with van der Waals surface area (Å²) in [6.45, 7) is 0. The van der Waals surface area contributed by atoms with Crippen molar-refractivity contribution in [2.75, 3.05) is 12.8 Å². The molecule has 0 unspecified atom stereocenters. The highest BCUT2D eigenvalue weighted by molar-refractivity contribution is 5.96. The van der Waals surface area contributed by atoms with Crippen LogP contribution in [0.3, 0.4) is 0 Å². The van der Waals surface area contributed by atoms with Gasteiger partial charge >= 0.3 is 12.3 Å². The molecule has 1 aromatic rings. The summed E-state index contributed by atoms with van der Waals surface area (Å²) in [5.74, 6) is -2.49. The lowest BCUT2D eigenvalue weighted by Gasteiger charge is -2.10. The molecule has 0 aliphatic heterocycles. The summed E-state index contributed by atoms with van der Waals surface area (Å²) in [6.07, 6.45) is -4.97. The minimum Gasteiger partial charge on any atom is -0.465 e. The van der Waals surface area contributed by atoms with Crippen LogP contribution in [0.5, 0.6) is 5.88 Å². The Kier molecular flexibility index (Phi) is 3.61. The van der Waals surface area contributed by atoms with E-state index in [1.165, 1.54) is 6.07 Å². The van der Waals surface area contributed by atoms with Gasteiger partial charge in [-0.25, -0.2) is 4.79 Å². The van der Waals surface area contributed by atoms with Gasteiger partial charge in [-0.3, -0.25) is 0 Å². The van der Waals surface area contributed by atoms with Gasteiger partial charge in [0, 0.05) is 6.07 Å². The van der Waals surface area contributed by atoms with Gasteiger partial charge in [-0.1, -0.05) is 0 Å². The lowest BCUT2D eigenvalue weighted by molar-refractivity contribution is -0.276. The van der Waals surface area contributed by atoms with Crippen molar-refractivity contribution in [2.45, 2.75) is 6.36 Å². The number of halogens is 3. The number of carbonyl (C=O) groups excluding carboxylic acids is 1. The zero-order valence-electron chi connectivity index (χ0n) is 8.91. The van der Waals surface area contributed by atoms with Gasteiger partial charge in [0.25, 0.3) is 0 Å². The first-order valence-corrected chi connectivity index (χ1v) is 4.33. The van der Waals surface area contributed by atoms with E-state index in [2.05, 4.69) is 14.5 Å². The molecule has 1 heterocycles. The van der Waals surface area contributed by atoms with Gasteiger partial charge < -0.3 is 15.2 Å². The molecule has 6 nitrogen and oxygen atoms in total. The van der Waals surface area contributed by atoms with E-state index < -0.39 is 35.2 Å². The highest BCUT2D eigenvalue weighted by atomic mass is 19.4. The van der Waals surface area contributed by atoms with E-state index in [4.69, 9.17) is 11.0 Å². The maximum absolute atomic E-state index is 12.0. The van der Waals surface area contributed by atoms with E-state index in [0.717, 1.165) is 7.11 Å². The third-order valence-electron chi connectivity index (χ3n) is 1.75. The molecule has 0 aliphatic rings. The van der Waals surface area contributed by atoms with Crippen LogP contribution < -0.4 is 10.5 Å². The Morgan fingerprint density at radius 3 is 2.61 bits per heavy atom. The molecule has 9 heteroatoms. The molecule has 0 aliphatic carbocycles. The summed E-state index contributed by atoms with van der Waals surface area (Å²) >= 11 is 0. The van der Waals surface area contributed by atoms with E-state index in [1.54, 1.807) is 0 Å². The average molecular weight is 261 g/mol. The second-order valence-corrected chi connectivity index (χ2v) is 2.92. The van der Waals surface area contributed by atoms with Crippen molar-refractivity contribution >= 4 is 11.8 Å². The normalized spacial score (nSPS) is 10.6. The number of carbonyl (C=O) groups is 1. The van der Waals surface area contributed by atoms with Crippen LogP contribution in [0.4, 0.5) is 19.0 Å². The number of rotatable bonds is 2. The van der Waals surface area contributed by atoms with Crippen LogP contribution in [0.25, 0.3) is 0 Å². The Bertz CT molecular complexity index is 522. The lowest BCUT2D eigenvalue weighted by atomic mass is 10.1. The first-order valence-electron chi connectivity index (χ1n) is 4.33. The number of nitrogen functional groups attached to an aromatic ring is 1. The molecule has 1 rings (SSSR count). The van der Waals surface area contributed by atoms with Crippen molar-refractivity contribution in [3.8, 4) is 11.9 Å². The van der Waals surface area contributed by atoms with E-state index in [0.29, 0.717) is 6.07 Å². The fourth-order valence-electron chi connectivity index (χ4n) is 1.12. The van der Waals surface area contributed by atoms with Gasteiger partial charge in [-0.05, 0) is 0 Å². The van der Waals surface area contributed by atoms with Gasteiger partial charge in [0.1, 0.15) is 17.5 Å². The number of aromatic nitrogens is 1. The number of nitrogens with two attached hydrogens (primary N) is 1. The molecule has 96 valence electrons. The van der Waals surface area contributed by atoms with Crippen molar-refractivity contribution in [1.82, 2.24) is 4.98 Å². The maximum Gasteiger partial charge on any atom is 0.574 e. The maximum atomic E-state index is 12.0. The first-order chi connectivity index (χ1) is 8.28. The van der Waals surface area contributed by atoms with E-state index in [9.17, 15) is 18.0 Å². The second kappa shape index (κ2) is 4.79. The predicted molar refractivity (Wildman–Crippen MR) is 51.4 cm³/mol. The Hall–Kier alpha value is -2.50. The molecule has 0 aromatic carbocycles. The minimum absolute atomic E-state index is 0.408. The molecule has 0 fully saturated rings. The van der Waals surface area contributed by atoms with Crippen LogP contribution in [-0.2, 0) is 4.74 Å². The van der Waals surface area contributed by atoms with E-state index in [-0.39, 0.29) is 0 Å². The largest absolute Gasteiger partial charge is 0.574 e. The number of nitriles is 1. The third kappa shape index (κ3) is 3.00. The number of pyridine rings is 1. The molecule has 2 N–H and O–H groups in total. The van der Waals surface area contributed by atoms with Crippen LogP contribution in [0.1, 0.15) is 15.9 Å². The van der Waals surface area contributed by atoms with Gasteiger partial charge in [0.05, 0.1) is 12.7 Å².